The Morgan fingerprint density at radius 1 is 1.30 bits per heavy atom. The molecule has 1 aromatic carbocycles. The summed E-state index contributed by atoms with van der Waals surface area (Å²) in [5.41, 5.74) is -0.218. The van der Waals surface area contributed by atoms with E-state index in [1.54, 1.807) is 29.6 Å². The van der Waals surface area contributed by atoms with E-state index in [1.165, 1.54) is 23.5 Å². The Hall–Kier alpha value is -3.21. The first-order valence-corrected chi connectivity index (χ1v) is 8.74. The van der Waals surface area contributed by atoms with E-state index in [1.807, 2.05) is 0 Å². The van der Waals surface area contributed by atoms with Crippen molar-refractivity contribution in [3.8, 4) is 16.5 Å². The standard InChI is InChI=1S/C17H15N4O5S/c22-14-13(19-15(20-17(14)24)12-2-1-9-27-12)16(23)18-8-7-10-3-5-11(6-4-10)21(25)26/h1-6,9,22,25H,7-8H2,(H,18,23)(H,19,20,24)/q-1. The van der Waals surface area contributed by atoms with E-state index in [0.29, 0.717) is 11.3 Å². The lowest BCUT2D eigenvalue weighted by Gasteiger charge is -2.21. The molecule has 9 nitrogen and oxygen atoms in total. The number of hydrogen-bond donors (Lipinski definition) is 4. The summed E-state index contributed by atoms with van der Waals surface area (Å²) in [5.74, 6) is -1.20. The predicted octanol–water partition coefficient (Wildman–Crippen LogP) is 1.87. The topological polar surface area (TPSA) is 142 Å². The molecule has 3 aromatic rings. The Balaban J connectivity index is 1.68. The van der Waals surface area contributed by atoms with E-state index in [0.717, 1.165) is 5.56 Å². The van der Waals surface area contributed by atoms with Crippen LogP contribution in [0.3, 0.4) is 0 Å². The van der Waals surface area contributed by atoms with Gasteiger partial charge < -0.3 is 25.8 Å². The van der Waals surface area contributed by atoms with Crippen LogP contribution in [0.4, 0.5) is 5.69 Å². The molecular weight excluding hydrogens is 372 g/mol. The zero-order chi connectivity index (χ0) is 19.4. The van der Waals surface area contributed by atoms with Gasteiger partial charge in [0.15, 0.2) is 11.5 Å². The van der Waals surface area contributed by atoms with Crippen LogP contribution in [0.15, 0.2) is 46.6 Å². The number of rotatable bonds is 6. The smallest absolute Gasteiger partial charge is 0.294 e. The number of aromatic hydroxyl groups is 1. The van der Waals surface area contributed by atoms with Crippen LogP contribution in [0.1, 0.15) is 16.1 Å². The number of nitrogens with one attached hydrogen (secondary N) is 2. The summed E-state index contributed by atoms with van der Waals surface area (Å²) in [4.78, 5) is 31.3. The number of amides is 1. The van der Waals surface area contributed by atoms with Crippen LogP contribution in [-0.4, -0.2) is 32.7 Å². The molecule has 2 aromatic heterocycles. The van der Waals surface area contributed by atoms with Crippen LogP contribution >= 0.6 is 11.3 Å². The van der Waals surface area contributed by atoms with Crippen LogP contribution in [0.25, 0.3) is 10.7 Å². The molecule has 1 amide bonds. The molecule has 0 fully saturated rings. The number of carbonyl (C=O) groups is 1. The Labute approximate surface area is 157 Å². The number of thiophene rings is 1. The molecular formula is C17H15N4O5S-. The van der Waals surface area contributed by atoms with Gasteiger partial charge in [-0.3, -0.25) is 14.8 Å². The average molecular weight is 387 g/mol. The molecule has 4 N–H and O–H groups in total. The molecule has 2 heterocycles. The van der Waals surface area contributed by atoms with Crippen LogP contribution in [0.2, 0.25) is 0 Å². The van der Waals surface area contributed by atoms with Gasteiger partial charge in [0.25, 0.3) is 11.5 Å². The molecule has 0 atom stereocenters. The first kappa shape index (κ1) is 18.6. The summed E-state index contributed by atoms with van der Waals surface area (Å²) >= 11 is 1.34. The fourth-order valence-electron chi connectivity index (χ4n) is 2.35. The molecule has 0 aliphatic rings. The third-order valence-corrected chi connectivity index (χ3v) is 4.60. The minimum Gasteiger partial charge on any atom is -0.733 e. The summed E-state index contributed by atoms with van der Waals surface area (Å²) in [6, 6.07) is 9.69. The lowest BCUT2D eigenvalue weighted by atomic mass is 10.1. The molecule has 3 rings (SSSR count). The summed E-state index contributed by atoms with van der Waals surface area (Å²) in [6.45, 7) is 0.223. The molecule has 0 saturated carbocycles. The molecule has 0 saturated heterocycles. The maximum atomic E-state index is 12.3. The van der Waals surface area contributed by atoms with E-state index >= 15 is 0 Å². The zero-order valence-electron chi connectivity index (χ0n) is 13.9. The minimum absolute atomic E-state index is 0.0986. The van der Waals surface area contributed by atoms with Crippen molar-refractivity contribution in [3.63, 3.8) is 0 Å². The lowest BCUT2D eigenvalue weighted by molar-refractivity contribution is 0.0946. The first-order valence-electron chi connectivity index (χ1n) is 7.86. The normalized spacial score (nSPS) is 10.6. The quantitative estimate of drug-likeness (QED) is 0.473. The van der Waals surface area contributed by atoms with Crippen LogP contribution in [0, 0.1) is 5.21 Å². The van der Waals surface area contributed by atoms with Crippen molar-refractivity contribution in [1.82, 2.24) is 15.3 Å². The number of anilines is 1. The highest BCUT2D eigenvalue weighted by Crippen LogP contribution is 2.21. The number of H-pyrrole nitrogens is 1. The van der Waals surface area contributed by atoms with Crippen molar-refractivity contribution in [2.75, 3.05) is 11.8 Å². The number of nitrogens with zero attached hydrogens (tertiary/aromatic N) is 2. The highest BCUT2D eigenvalue weighted by molar-refractivity contribution is 7.13. The second-order valence-corrected chi connectivity index (χ2v) is 6.48. The molecule has 0 radical (unpaired) electrons. The van der Waals surface area contributed by atoms with Gasteiger partial charge in [0.1, 0.15) is 0 Å². The van der Waals surface area contributed by atoms with Gasteiger partial charge in [0.2, 0.25) is 5.75 Å². The molecule has 140 valence electrons. The molecule has 10 heteroatoms. The van der Waals surface area contributed by atoms with E-state index < -0.39 is 17.2 Å². The largest absolute Gasteiger partial charge is 0.733 e. The number of carbonyl (C=O) groups excluding carboxylic acids is 1. The van der Waals surface area contributed by atoms with E-state index in [9.17, 15) is 19.9 Å². The van der Waals surface area contributed by atoms with Crippen molar-refractivity contribution in [3.05, 3.63) is 68.6 Å². The third-order valence-electron chi connectivity index (χ3n) is 3.72. The highest BCUT2D eigenvalue weighted by atomic mass is 32.1. The van der Waals surface area contributed by atoms with Gasteiger partial charge in [0, 0.05) is 6.54 Å². The zero-order valence-corrected chi connectivity index (χ0v) is 14.7. The van der Waals surface area contributed by atoms with Crippen molar-refractivity contribution in [2.24, 2.45) is 0 Å². The monoisotopic (exact) mass is 387 g/mol. The van der Waals surface area contributed by atoms with E-state index in [4.69, 9.17) is 5.21 Å². The van der Waals surface area contributed by atoms with E-state index in [-0.39, 0.29) is 29.0 Å². The fraction of sp³-hybridized carbons (Fsp3) is 0.118. The summed E-state index contributed by atoms with van der Waals surface area (Å²) < 4.78 is 0. The second-order valence-electron chi connectivity index (χ2n) is 5.53. The Morgan fingerprint density at radius 2 is 2.04 bits per heavy atom. The predicted molar refractivity (Wildman–Crippen MR) is 99.9 cm³/mol. The summed E-state index contributed by atoms with van der Waals surface area (Å²) in [6.07, 6.45) is 0.443. The number of aromatic amines is 1. The third kappa shape index (κ3) is 4.31. The molecule has 0 aliphatic carbocycles. The lowest BCUT2D eigenvalue weighted by Crippen LogP contribution is -2.28. The molecule has 0 aliphatic heterocycles. The van der Waals surface area contributed by atoms with Crippen molar-refractivity contribution < 1.29 is 15.1 Å². The maximum absolute atomic E-state index is 12.3. The number of aromatic nitrogens is 2. The molecule has 0 spiro atoms. The van der Waals surface area contributed by atoms with Crippen molar-refractivity contribution >= 4 is 22.9 Å². The maximum Gasteiger partial charge on any atom is 0.294 e. The van der Waals surface area contributed by atoms with Crippen LogP contribution in [0.5, 0.6) is 5.75 Å². The van der Waals surface area contributed by atoms with Gasteiger partial charge in [-0.25, -0.2) is 4.98 Å². The Kier molecular flexibility index (Phi) is 5.50. The molecule has 27 heavy (non-hydrogen) atoms. The summed E-state index contributed by atoms with van der Waals surface area (Å²) in [5, 5.41) is 33.6. The van der Waals surface area contributed by atoms with Gasteiger partial charge in [0.05, 0.1) is 10.6 Å². The van der Waals surface area contributed by atoms with E-state index in [2.05, 4.69) is 15.3 Å². The van der Waals surface area contributed by atoms with Gasteiger partial charge in [-0.05, 0) is 35.6 Å². The molecule has 0 bridgehead atoms. The Morgan fingerprint density at radius 3 is 2.67 bits per heavy atom. The fourth-order valence-corrected chi connectivity index (χ4v) is 3.02. The first-order chi connectivity index (χ1) is 13.0. The van der Waals surface area contributed by atoms with Gasteiger partial charge in [-0.2, -0.15) is 0 Å². The van der Waals surface area contributed by atoms with Crippen LogP contribution in [-0.2, 0) is 6.42 Å². The molecule has 0 unspecified atom stereocenters. The SMILES string of the molecule is O=C(NCCc1ccc(N([O-])O)cc1)c1nc(-c2cccs2)[nH]c(=O)c1O. The van der Waals surface area contributed by atoms with Crippen LogP contribution < -0.4 is 16.1 Å². The Bertz CT molecular complexity index is 984. The minimum atomic E-state index is -0.791. The van der Waals surface area contributed by atoms with Gasteiger partial charge >= 0.3 is 0 Å². The van der Waals surface area contributed by atoms with Gasteiger partial charge in [-0.1, -0.05) is 18.2 Å². The average Bonchev–Trinajstić information content (AvgIpc) is 3.19. The van der Waals surface area contributed by atoms with Crippen molar-refractivity contribution in [1.29, 1.82) is 0 Å². The summed E-state index contributed by atoms with van der Waals surface area (Å²) in [7, 11) is 0. The number of hydrogen-bond acceptors (Lipinski definition) is 8. The highest BCUT2D eigenvalue weighted by Gasteiger charge is 2.18. The van der Waals surface area contributed by atoms with Gasteiger partial charge in [-0.15, -0.1) is 11.3 Å². The second kappa shape index (κ2) is 7.99. The van der Waals surface area contributed by atoms with Crippen molar-refractivity contribution in [2.45, 2.75) is 6.42 Å². The number of benzene rings is 1.